The molecule has 0 aromatic carbocycles. The molecule has 2 rings (SSSR count). The van der Waals surface area contributed by atoms with Crippen LogP contribution in [0.15, 0.2) is 12.7 Å². The van der Waals surface area contributed by atoms with Gasteiger partial charge in [0.15, 0.2) is 0 Å². The Morgan fingerprint density at radius 2 is 2.00 bits per heavy atom. The van der Waals surface area contributed by atoms with Crippen LogP contribution in [0.4, 0.5) is 0 Å². The summed E-state index contributed by atoms with van der Waals surface area (Å²) in [5.74, 6) is 0.918. The molecule has 98 valence electrons. The van der Waals surface area contributed by atoms with Crippen molar-refractivity contribution < 1.29 is 0 Å². The predicted molar refractivity (Wildman–Crippen MR) is 74.2 cm³/mol. The molecule has 2 fully saturated rings. The van der Waals surface area contributed by atoms with Crippen molar-refractivity contribution >= 4 is 0 Å². The third-order valence-corrected chi connectivity index (χ3v) is 4.61. The van der Waals surface area contributed by atoms with Crippen molar-refractivity contribution in [2.75, 3.05) is 19.6 Å². The van der Waals surface area contributed by atoms with Crippen LogP contribution in [0, 0.1) is 5.92 Å². The van der Waals surface area contributed by atoms with Crippen molar-refractivity contribution in [2.24, 2.45) is 5.92 Å². The fourth-order valence-electron chi connectivity index (χ4n) is 3.43. The van der Waals surface area contributed by atoms with Crippen molar-refractivity contribution in [3.63, 3.8) is 0 Å². The number of nitrogens with one attached hydrogen (secondary N) is 1. The minimum atomic E-state index is 0.703. The fraction of sp³-hybridized carbons (Fsp3) is 0.867. The summed E-state index contributed by atoms with van der Waals surface area (Å²) in [5, 5.41) is 3.79. The van der Waals surface area contributed by atoms with E-state index in [0.29, 0.717) is 6.04 Å². The summed E-state index contributed by atoms with van der Waals surface area (Å²) in [6.07, 6.45) is 10.6. The molecule has 2 atom stereocenters. The highest BCUT2D eigenvalue weighted by Gasteiger charge is 2.28. The molecule has 1 saturated heterocycles. The molecule has 0 spiro atoms. The normalized spacial score (nSPS) is 33.2. The average molecular weight is 236 g/mol. The Bertz CT molecular complexity index is 233. The van der Waals surface area contributed by atoms with Gasteiger partial charge in [-0.15, -0.1) is 6.58 Å². The van der Waals surface area contributed by atoms with E-state index < -0.39 is 0 Å². The Balaban J connectivity index is 1.94. The topological polar surface area (TPSA) is 15.3 Å². The average Bonchev–Trinajstić information content (AvgIpc) is 2.54. The Labute approximate surface area is 106 Å². The van der Waals surface area contributed by atoms with Crippen molar-refractivity contribution in [2.45, 2.75) is 57.5 Å². The van der Waals surface area contributed by atoms with Gasteiger partial charge in [0.25, 0.3) is 0 Å². The van der Waals surface area contributed by atoms with E-state index in [1.165, 1.54) is 51.6 Å². The minimum absolute atomic E-state index is 0.703. The van der Waals surface area contributed by atoms with E-state index in [9.17, 15) is 0 Å². The molecule has 1 aliphatic heterocycles. The number of hydrogen-bond donors (Lipinski definition) is 1. The zero-order valence-electron chi connectivity index (χ0n) is 11.3. The fourth-order valence-corrected chi connectivity index (χ4v) is 3.43. The molecule has 2 aliphatic rings. The van der Waals surface area contributed by atoms with Crippen LogP contribution in [0.5, 0.6) is 0 Å². The molecular weight excluding hydrogens is 208 g/mol. The van der Waals surface area contributed by atoms with Crippen LogP contribution in [0.3, 0.4) is 0 Å². The van der Waals surface area contributed by atoms with Gasteiger partial charge in [0.2, 0.25) is 0 Å². The second-order valence-electron chi connectivity index (χ2n) is 5.84. The van der Waals surface area contributed by atoms with Crippen LogP contribution in [-0.4, -0.2) is 36.6 Å². The molecule has 2 unspecified atom stereocenters. The van der Waals surface area contributed by atoms with Gasteiger partial charge in [0.1, 0.15) is 0 Å². The molecule has 0 aromatic heterocycles. The van der Waals surface area contributed by atoms with Crippen molar-refractivity contribution in [3.8, 4) is 0 Å². The lowest BCUT2D eigenvalue weighted by atomic mass is 9.83. The maximum atomic E-state index is 3.90. The minimum Gasteiger partial charge on any atom is -0.312 e. The van der Waals surface area contributed by atoms with Gasteiger partial charge in [0, 0.05) is 25.2 Å². The van der Waals surface area contributed by atoms with E-state index in [2.05, 4.69) is 29.8 Å². The third-order valence-electron chi connectivity index (χ3n) is 4.61. The predicted octanol–water partition coefficient (Wildman–Crippen LogP) is 2.81. The second kappa shape index (κ2) is 6.55. The van der Waals surface area contributed by atoms with Gasteiger partial charge in [0.05, 0.1) is 0 Å². The molecule has 0 bridgehead atoms. The molecule has 2 nitrogen and oxygen atoms in total. The van der Waals surface area contributed by atoms with Crippen molar-refractivity contribution in [3.05, 3.63) is 12.7 Å². The highest BCUT2D eigenvalue weighted by molar-refractivity contribution is 4.89. The van der Waals surface area contributed by atoms with Crippen LogP contribution < -0.4 is 5.32 Å². The van der Waals surface area contributed by atoms with Crippen LogP contribution in [0.2, 0.25) is 0 Å². The Kier molecular flexibility index (Phi) is 5.05. The standard InChI is InChI=1S/C15H28N2/c1-3-11-17-12-15(16-10-9-13(17)2)14-7-5-4-6-8-14/h3,13-16H,1,4-12H2,2H3. The molecular formula is C15H28N2. The van der Waals surface area contributed by atoms with Gasteiger partial charge < -0.3 is 5.32 Å². The Morgan fingerprint density at radius 3 is 2.71 bits per heavy atom. The van der Waals surface area contributed by atoms with Gasteiger partial charge in [-0.25, -0.2) is 0 Å². The van der Waals surface area contributed by atoms with Crippen molar-refractivity contribution in [1.82, 2.24) is 10.2 Å². The van der Waals surface area contributed by atoms with Gasteiger partial charge in [-0.3, -0.25) is 4.90 Å². The van der Waals surface area contributed by atoms with E-state index >= 15 is 0 Å². The summed E-state index contributed by atoms with van der Waals surface area (Å²) >= 11 is 0. The summed E-state index contributed by atoms with van der Waals surface area (Å²) < 4.78 is 0. The highest BCUT2D eigenvalue weighted by atomic mass is 15.2. The van der Waals surface area contributed by atoms with Gasteiger partial charge >= 0.3 is 0 Å². The molecule has 1 heterocycles. The van der Waals surface area contributed by atoms with E-state index in [1.54, 1.807) is 0 Å². The molecule has 1 saturated carbocycles. The van der Waals surface area contributed by atoms with Crippen LogP contribution >= 0.6 is 0 Å². The van der Waals surface area contributed by atoms with Gasteiger partial charge in [-0.2, -0.15) is 0 Å². The summed E-state index contributed by atoms with van der Waals surface area (Å²) in [5.41, 5.74) is 0. The molecule has 0 amide bonds. The number of rotatable bonds is 3. The molecule has 1 aliphatic carbocycles. The van der Waals surface area contributed by atoms with E-state index in [-0.39, 0.29) is 0 Å². The Morgan fingerprint density at radius 1 is 1.24 bits per heavy atom. The number of nitrogens with zero attached hydrogens (tertiary/aromatic N) is 1. The SMILES string of the molecule is C=CCN1CC(C2CCCCC2)NCCC1C. The summed E-state index contributed by atoms with van der Waals surface area (Å²) in [6, 6.07) is 1.43. The lowest BCUT2D eigenvalue weighted by Crippen LogP contribution is -2.44. The Hall–Kier alpha value is -0.340. The lowest BCUT2D eigenvalue weighted by molar-refractivity contribution is 0.186. The molecule has 2 heteroatoms. The van der Waals surface area contributed by atoms with Gasteiger partial charge in [-0.05, 0) is 38.6 Å². The highest BCUT2D eigenvalue weighted by Crippen LogP contribution is 2.28. The molecule has 1 N–H and O–H groups in total. The van der Waals surface area contributed by atoms with Crippen molar-refractivity contribution in [1.29, 1.82) is 0 Å². The first-order chi connectivity index (χ1) is 8.31. The zero-order chi connectivity index (χ0) is 12.1. The first-order valence-corrected chi connectivity index (χ1v) is 7.39. The monoisotopic (exact) mass is 236 g/mol. The van der Waals surface area contributed by atoms with E-state index in [0.717, 1.165) is 18.5 Å². The summed E-state index contributed by atoms with van der Waals surface area (Å²) in [7, 11) is 0. The summed E-state index contributed by atoms with van der Waals surface area (Å²) in [4.78, 5) is 2.60. The number of hydrogen-bond acceptors (Lipinski definition) is 2. The van der Waals surface area contributed by atoms with Crippen LogP contribution in [0.1, 0.15) is 45.4 Å². The van der Waals surface area contributed by atoms with E-state index in [4.69, 9.17) is 0 Å². The first kappa shape index (κ1) is 13.1. The second-order valence-corrected chi connectivity index (χ2v) is 5.84. The zero-order valence-corrected chi connectivity index (χ0v) is 11.3. The third kappa shape index (κ3) is 3.56. The smallest absolute Gasteiger partial charge is 0.0223 e. The van der Waals surface area contributed by atoms with E-state index in [1.807, 2.05) is 0 Å². The molecule has 0 radical (unpaired) electrons. The first-order valence-electron chi connectivity index (χ1n) is 7.39. The maximum absolute atomic E-state index is 3.90. The summed E-state index contributed by atoms with van der Waals surface area (Å²) in [6.45, 7) is 9.71. The molecule has 17 heavy (non-hydrogen) atoms. The van der Waals surface area contributed by atoms with Gasteiger partial charge in [-0.1, -0.05) is 25.3 Å². The maximum Gasteiger partial charge on any atom is 0.0223 e. The van der Waals surface area contributed by atoms with Crippen LogP contribution in [0.25, 0.3) is 0 Å². The largest absolute Gasteiger partial charge is 0.312 e. The quantitative estimate of drug-likeness (QED) is 0.758. The lowest BCUT2D eigenvalue weighted by Gasteiger charge is -2.34. The molecule has 0 aromatic rings. The van der Waals surface area contributed by atoms with Crippen LogP contribution in [-0.2, 0) is 0 Å².